The highest BCUT2D eigenvalue weighted by Gasteiger charge is 2.31. The summed E-state index contributed by atoms with van der Waals surface area (Å²) in [5, 5.41) is 0. The maximum atomic E-state index is 14.8. The van der Waals surface area contributed by atoms with Crippen molar-refractivity contribution < 1.29 is 32.2 Å². The first-order valence-corrected chi connectivity index (χ1v) is 11.2. The van der Waals surface area contributed by atoms with Gasteiger partial charge in [0.15, 0.2) is 0 Å². The summed E-state index contributed by atoms with van der Waals surface area (Å²) in [5.41, 5.74) is 3.36. The Labute approximate surface area is 195 Å². The van der Waals surface area contributed by atoms with E-state index in [0.29, 0.717) is 42.1 Å². The van der Waals surface area contributed by atoms with E-state index in [1.165, 1.54) is 25.3 Å². The summed E-state index contributed by atoms with van der Waals surface area (Å²) in [7, 11) is 1.36. The summed E-state index contributed by atoms with van der Waals surface area (Å²) in [6, 6.07) is 12.0. The summed E-state index contributed by atoms with van der Waals surface area (Å²) in [6.45, 7) is 0.387. The number of benzene rings is 3. The number of carbonyl (C=O) groups is 1. The number of methoxy groups -OCH3 is 1. The minimum atomic E-state index is -0.631. The van der Waals surface area contributed by atoms with E-state index in [9.17, 15) is 18.0 Å². The first kappa shape index (κ1) is 22.3. The van der Waals surface area contributed by atoms with Crippen LogP contribution < -0.4 is 9.47 Å². The van der Waals surface area contributed by atoms with Crippen molar-refractivity contribution in [2.24, 2.45) is 0 Å². The van der Waals surface area contributed by atoms with Crippen molar-refractivity contribution in [2.75, 3.05) is 13.7 Å². The largest absolute Gasteiger partial charge is 0.492 e. The van der Waals surface area contributed by atoms with Crippen molar-refractivity contribution in [1.82, 2.24) is 0 Å². The van der Waals surface area contributed by atoms with Crippen LogP contribution >= 0.6 is 0 Å². The van der Waals surface area contributed by atoms with Crippen molar-refractivity contribution in [1.29, 1.82) is 0 Å². The number of hydrogen-bond donors (Lipinski definition) is 0. The van der Waals surface area contributed by atoms with E-state index in [-0.39, 0.29) is 30.5 Å². The number of rotatable bonds is 6. The van der Waals surface area contributed by atoms with Gasteiger partial charge in [-0.1, -0.05) is 18.2 Å². The molecule has 2 atom stereocenters. The van der Waals surface area contributed by atoms with Crippen LogP contribution in [0.2, 0.25) is 0 Å². The SMILES string of the molecule is COC(=O)CC1COc2cc(OC3CCc4c(Cc5ccc(F)cc5F)ccc(F)c43)ccc21. The Kier molecular flexibility index (Phi) is 5.94. The third-order valence-corrected chi connectivity index (χ3v) is 6.56. The highest BCUT2D eigenvalue weighted by molar-refractivity contribution is 5.71. The van der Waals surface area contributed by atoms with Gasteiger partial charge in [-0.3, -0.25) is 4.79 Å². The van der Waals surface area contributed by atoms with Gasteiger partial charge in [0.2, 0.25) is 0 Å². The number of carbonyl (C=O) groups excluding carboxylic acids is 1. The van der Waals surface area contributed by atoms with E-state index < -0.39 is 17.7 Å². The topological polar surface area (TPSA) is 44.8 Å². The minimum Gasteiger partial charge on any atom is -0.492 e. The number of esters is 1. The van der Waals surface area contributed by atoms with Crippen LogP contribution in [0.4, 0.5) is 13.2 Å². The average Bonchev–Trinajstić information content (AvgIpc) is 3.42. The van der Waals surface area contributed by atoms with Gasteiger partial charge in [-0.2, -0.15) is 0 Å². The van der Waals surface area contributed by atoms with Crippen molar-refractivity contribution in [3.05, 3.63) is 93.8 Å². The van der Waals surface area contributed by atoms with Crippen LogP contribution in [0.25, 0.3) is 0 Å². The molecule has 0 spiro atoms. The van der Waals surface area contributed by atoms with Gasteiger partial charge in [-0.25, -0.2) is 13.2 Å². The quantitative estimate of drug-likeness (QED) is 0.429. The molecule has 0 bridgehead atoms. The number of hydrogen-bond acceptors (Lipinski definition) is 4. The normalized spacial score (nSPS) is 18.2. The molecule has 1 aliphatic heterocycles. The Morgan fingerprint density at radius 3 is 2.65 bits per heavy atom. The second-order valence-electron chi connectivity index (χ2n) is 8.64. The van der Waals surface area contributed by atoms with Gasteiger partial charge in [-0.05, 0) is 47.7 Å². The lowest BCUT2D eigenvalue weighted by molar-refractivity contribution is -0.141. The summed E-state index contributed by atoms with van der Waals surface area (Å²) >= 11 is 0. The van der Waals surface area contributed by atoms with E-state index in [2.05, 4.69) is 0 Å². The maximum Gasteiger partial charge on any atom is 0.306 e. The lowest BCUT2D eigenvalue weighted by Gasteiger charge is -2.17. The van der Waals surface area contributed by atoms with Crippen LogP contribution in [0.3, 0.4) is 0 Å². The maximum absolute atomic E-state index is 14.8. The van der Waals surface area contributed by atoms with E-state index in [4.69, 9.17) is 14.2 Å². The van der Waals surface area contributed by atoms with Crippen LogP contribution in [0.5, 0.6) is 11.5 Å². The molecule has 0 saturated heterocycles. The molecule has 1 heterocycles. The molecule has 3 aromatic carbocycles. The summed E-state index contributed by atoms with van der Waals surface area (Å²) in [6.07, 6.45) is 1.17. The zero-order valence-corrected chi connectivity index (χ0v) is 18.6. The second kappa shape index (κ2) is 9.05. The molecule has 5 rings (SSSR count). The monoisotopic (exact) mass is 468 g/mol. The van der Waals surface area contributed by atoms with Gasteiger partial charge in [0.1, 0.15) is 35.1 Å². The van der Waals surface area contributed by atoms with Crippen LogP contribution in [0, 0.1) is 17.5 Å². The van der Waals surface area contributed by atoms with Crippen molar-refractivity contribution >= 4 is 5.97 Å². The van der Waals surface area contributed by atoms with Crippen molar-refractivity contribution in [3.63, 3.8) is 0 Å². The Morgan fingerprint density at radius 2 is 1.85 bits per heavy atom. The molecule has 0 aromatic heterocycles. The molecule has 4 nitrogen and oxygen atoms in total. The molecule has 0 saturated carbocycles. The number of fused-ring (bicyclic) bond motifs is 2. The van der Waals surface area contributed by atoms with Crippen molar-refractivity contribution in [3.8, 4) is 11.5 Å². The molecule has 3 aromatic rings. The molecule has 0 fully saturated rings. The second-order valence-corrected chi connectivity index (χ2v) is 8.64. The van der Waals surface area contributed by atoms with Gasteiger partial charge in [0.25, 0.3) is 0 Å². The van der Waals surface area contributed by atoms with Crippen LogP contribution in [-0.4, -0.2) is 19.7 Å². The van der Waals surface area contributed by atoms with Crippen LogP contribution in [0.15, 0.2) is 48.5 Å². The highest BCUT2D eigenvalue weighted by atomic mass is 19.1. The highest BCUT2D eigenvalue weighted by Crippen LogP contribution is 2.42. The van der Waals surface area contributed by atoms with Gasteiger partial charge in [0, 0.05) is 35.6 Å². The third kappa shape index (κ3) is 4.22. The van der Waals surface area contributed by atoms with Gasteiger partial charge >= 0.3 is 5.97 Å². The van der Waals surface area contributed by atoms with Gasteiger partial charge in [-0.15, -0.1) is 0 Å². The van der Waals surface area contributed by atoms with Gasteiger partial charge < -0.3 is 14.2 Å². The lowest BCUT2D eigenvalue weighted by atomic mass is 9.96. The fourth-order valence-corrected chi connectivity index (χ4v) is 4.85. The minimum absolute atomic E-state index is 0.0735. The molecular formula is C27H23F3O4. The first-order valence-electron chi connectivity index (χ1n) is 11.2. The van der Waals surface area contributed by atoms with Gasteiger partial charge in [0.05, 0.1) is 20.1 Å². The van der Waals surface area contributed by atoms with Crippen LogP contribution in [-0.2, 0) is 22.4 Å². The third-order valence-electron chi connectivity index (χ3n) is 6.56. The zero-order valence-electron chi connectivity index (χ0n) is 18.6. The number of halogens is 3. The summed E-state index contributed by atoms with van der Waals surface area (Å²) in [4.78, 5) is 11.6. The lowest BCUT2D eigenvalue weighted by Crippen LogP contribution is -2.09. The summed E-state index contributed by atoms with van der Waals surface area (Å²) in [5.74, 6) is -0.792. The molecule has 2 aliphatic rings. The fraction of sp³-hybridized carbons (Fsp3) is 0.296. The Morgan fingerprint density at radius 1 is 1.03 bits per heavy atom. The molecule has 0 N–H and O–H groups in total. The molecule has 0 amide bonds. The molecule has 34 heavy (non-hydrogen) atoms. The van der Waals surface area contributed by atoms with E-state index in [0.717, 1.165) is 22.8 Å². The number of ether oxygens (including phenoxy) is 3. The summed E-state index contributed by atoms with van der Waals surface area (Å²) < 4.78 is 58.9. The fourth-order valence-electron chi connectivity index (χ4n) is 4.85. The Balaban J connectivity index is 1.36. The van der Waals surface area contributed by atoms with E-state index >= 15 is 0 Å². The predicted octanol–water partition coefficient (Wildman–Crippen LogP) is 5.80. The zero-order chi connectivity index (χ0) is 23.8. The Bertz CT molecular complexity index is 1260. The molecule has 176 valence electrons. The van der Waals surface area contributed by atoms with E-state index in [1.54, 1.807) is 18.2 Å². The van der Waals surface area contributed by atoms with Crippen molar-refractivity contribution in [2.45, 2.75) is 37.7 Å². The molecular weight excluding hydrogens is 445 g/mol. The molecule has 0 radical (unpaired) electrons. The average molecular weight is 468 g/mol. The Hall–Kier alpha value is -3.48. The molecule has 1 aliphatic carbocycles. The standard InChI is InChI=1S/C27H23F3O4/c1-32-26(31)11-17-14-33-25-13-19(5-6-20(17)25)34-24-9-7-21-15(3-8-22(29)27(21)24)10-16-2-4-18(28)12-23(16)30/h2-6,8,12-13,17,24H,7,9-11,14H2,1H3. The van der Waals surface area contributed by atoms with Crippen LogP contribution in [0.1, 0.15) is 52.7 Å². The first-order chi connectivity index (χ1) is 16.4. The predicted molar refractivity (Wildman–Crippen MR) is 119 cm³/mol. The smallest absolute Gasteiger partial charge is 0.306 e. The molecule has 2 unspecified atom stereocenters. The molecule has 7 heteroatoms. The van der Waals surface area contributed by atoms with E-state index in [1.807, 2.05) is 6.07 Å².